The Balaban J connectivity index is 1.88. The van der Waals surface area contributed by atoms with Crippen molar-refractivity contribution >= 4 is 34.5 Å². The molecule has 0 aliphatic carbocycles. The molecule has 2 N–H and O–H groups in total. The van der Waals surface area contributed by atoms with Gasteiger partial charge < -0.3 is 10.6 Å². The Labute approximate surface area is 123 Å². The number of anilines is 1. The number of nitrogens with zero attached hydrogens (tertiary/aromatic N) is 1. The van der Waals surface area contributed by atoms with E-state index in [1.807, 2.05) is 16.8 Å². The first-order valence-electron chi connectivity index (χ1n) is 5.91. The van der Waals surface area contributed by atoms with E-state index in [1.54, 1.807) is 0 Å². The molecule has 2 aromatic rings. The molecule has 0 spiro atoms. The maximum atomic E-state index is 11.6. The highest BCUT2D eigenvalue weighted by molar-refractivity contribution is 7.07. The highest BCUT2D eigenvalue weighted by Gasteiger charge is 2.14. The number of carbonyl (C=O) groups excluding carboxylic acids is 2. The third kappa shape index (κ3) is 4.11. The second-order valence-corrected chi connectivity index (χ2v) is 4.85. The van der Waals surface area contributed by atoms with Crippen molar-refractivity contribution in [2.75, 3.05) is 5.32 Å². The molecule has 0 atom stereocenters. The topological polar surface area (TPSA) is 101 Å². The van der Waals surface area contributed by atoms with E-state index in [0.29, 0.717) is 5.69 Å². The number of carbonyl (C=O) groups is 2. The number of non-ortho nitro benzene ring substituents is 1. The van der Waals surface area contributed by atoms with Crippen LogP contribution in [0.4, 0.5) is 11.4 Å². The van der Waals surface area contributed by atoms with Crippen molar-refractivity contribution in [2.45, 2.75) is 6.54 Å². The molecule has 21 heavy (non-hydrogen) atoms. The van der Waals surface area contributed by atoms with Crippen molar-refractivity contribution < 1.29 is 14.5 Å². The van der Waals surface area contributed by atoms with Crippen molar-refractivity contribution in [2.24, 2.45) is 0 Å². The number of benzene rings is 1. The summed E-state index contributed by atoms with van der Waals surface area (Å²) in [6.45, 7) is 0.274. The van der Waals surface area contributed by atoms with Gasteiger partial charge >= 0.3 is 11.8 Å². The zero-order valence-electron chi connectivity index (χ0n) is 10.7. The molecule has 0 unspecified atom stereocenters. The van der Waals surface area contributed by atoms with Crippen molar-refractivity contribution in [3.05, 3.63) is 56.8 Å². The summed E-state index contributed by atoms with van der Waals surface area (Å²) in [5, 5.41) is 19.1. The molecule has 0 saturated heterocycles. The van der Waals surface area contributed by atoms with Gasteiger partial charge in [0.2, 0.25) is 0 Å². The van der Waals surface area contributed by atoms with E-state index >= 15 is 0 Å². The number of thiophene rings is 1. The average Bonchev–Trinajstić information content (AvgIpc) is 2.98. The molecule has 1 aromatic carbocycles. The van der Waals surface area contributed by atoms with Gasteiger partial charge in [0, 0.05) is 24.4 Å². The van der Waals surface area contributed by atoms with Gasteiger partial charge in [-0.25, -0.2) is 0 Å². The number of rotatable bonds is 4. The van der Waals surface area contributed by atoms with E-state index in [9.17, 15) is 19.7 Å². The minimum Gasteiger partial charge on any atom is -0.344 e. The lowest BCUT2D eigenvalue weighted by Crippen LogP contribution is -2.34. The quantitative estimate of drug-likeness (QED) is 0.512. The Kier molecular flexibility index (Phi) is 4.62. The molecule has 2 rings (SSSR count). The maximum Gasteiger partial charge on any atom is 0.313 e. The minimum atomic E-state index is -0.820. The van der Waals surface area contributed by atoms with E-state index in [4.69, 9.17) is 0 Å². The molecule has 1 heterocycles. The molecular formula is C13H11N3O4S. The summed E-state index contributed by atoms with van der Waals surface area (Å²) in [7, 11) is 0. The van der Waals surface area contributed by atoms with Gasteiger partial charge in [-0.1, -0.05) is 0 Å². The standard InChI is InChI=1S/C13H11N3O4S/c17-12(14-7-9-5-6-21-8-9)13(18)15-10-1-3-11(4-2-10)16(19)20/h1-6,8H,7H2,(H,14,17)(H,15,18). The molecule has 0 bridgehead atoms. The second kappa shape index (κ2) is 6.62. The number of hydrogen-bond donors (Lipinski definition) is 2. The van der Waals surface area contributed by atoms with Crippen molar-refractivity contribution in [1.82, 2.24) is 5.32 Å². The van der Waals surface area contributed by atoms with E-state index in [1.165, 1.54) is 35.6 Å². The van der Waals surface area contributed by atoms with Crippen molar-refractivity contribution in [3.63, 3.8) is 0 Å². The van der Waals surface area contributed by atoms with Crippen LogP contribution in [0.3, 0.4) is 0 Å². The summed E-state index contributed by atoms with van der Waals surface area (Å²) in [4.78, 5) is 33.2. The lowest BCUT2D eigenvalue weighted by Gasteiger charge is -2.05. The Morgan fingerprint density at radius 3 is 2.43 bits per heavy atom. The molecule has 1 aromatic heterocycles. The summed E-state index contributed by atoms with van der Waals surface area (Å²) in [6.07, 6.45) is 0. The lowest BCUT2D eigenvalue weighted by molar-refractivity contribution is -0.384. The van der Waals surface area contributed by atoms with Crippen LogP contribution in [0, 0.1) is 10.1 Å². The van der Waals surface area contributed by atoms with Gasteiger partial charge in [-0.15, -0.1) is 0 Å². The van der Waals surface area contributed by atoms with E-state index < -0.39 is 16.7 Å². The first-order chi connectivity index (χ1) is 10.1. The smallest absolute Gasteiger partial charge is 0.313 e. The van der Waals surface area contributed by atoms with Gasteiger partial charge in [0.25, 0.3) is 5.69 Å². The Hall–Kier alpha value is -2.74. The summed E-state index contributed by atoms with van der Waals surface area (Å²) < 4.78 is 0. The largest absolute Gasteiger partial charge is 0.344 e. The van der Waals surface area contributed by atoms with Crippen LogP contribution in [0.5, 0.6) is 0 Å². The average molecular weight is 305 g/mol. The fraction of sp³-hybridized carbons (Fsp3) is 0.0769. The number of nitro benzene ring substituents is 1. The normalized spacial score (nSPS) is 9.90. The van der Waals surface area contributed by atoms with Crippen LogP contribution in [0.15, 0.2) is 41.1 Å². The van der Waals surface area contributed by atoms with E-state index in [-0.39, 0.29) is 12.2 Å². The number of nitro groups is 1. The Bertz CT molecular complexity index is 653. The van der Waals surface area contributed by atoms with E-state index in [2.05, 4.69) is 10.6 Å². The van der Waals surface area contributed by atoms with Gasteiger partial charge in [-0.3, -0.25) is 19.7 Å². The van der Waals surface area contributed by atoms with E-state index in [0.717, 1.165) is 5.56 Å². The van der Waals surface area contributed by atoms with Crippen LogP contribution in [0.2, 0.25) is 0 Å². The Morgan fingerprint density at radius 2 is 1.86 bits per heavy atom. The van der Waals surface area contributed by atoms with Gasteiger partial charge in [0.1, 0.15) is 0 Å². The number of amides is 2. The molecular weight excluding hydrogens is 294 g/mol. The molecule has 0 fully saturated rings. The van der Waals surface area contributed by atoms with Crippen molar-refractivity contribution in [1.29, 1.82) is 0 Å². The molecule has 8 heteroatoms. The third-order valence-electron chi connectivity index (χ3n) is 2.58. The lowest BCUT2D eigenvalue weighted by atomic mass is 10.3. The highest BCUT2D eigenvalue weighted by Crippen LogP contribution is 2.15. The van der Waals surface area contributed by atoms with Crippen LogP contribution in [-0.2, 0) is 16.1 Å². The molecule has 0 aliphatic rings. The monoisotopic (exact) mass is 305 g/mol. The first kappa shape index (κ1) is 14.7. The zero-order valence-corrected chi connectivity index (χ0v) is 11.6. The SMILES string of the molecule is O=C(NCc1ccsc1)C(=O)Nc1ccc([N+](=O)[O-])cc1. The van der Waals surface area contributed by atoms with Crippen LogP contribution >= 0.6 is 11.3 Å². The first-order valence-corrected chi connectivity index (χ1v) is 6.85. The molecule has 0 saturated carbocycles. The predicted octanol–water partition coefficient (Wildman–Crippen LogP) is 1.91. The minimum absolute atomic E-state index is 0.0880. The molecule has 0 radical (unpaired) electrons. The summed E-state index contributed by atoms with van der Waals surface area (Å²) in [5.74, 6) is -1.58. The van der Waals surface area contributed by atoms with Gasteiger partial charge in [0.15, 0.2) is 0 Å². The number of hydrogen-bond acceptors (Lipinski definition) is 5. The molecule has 2 amide bonds. The van der Waals surface area contributed by atoms with Crippen molar-refractivity contribution in [3.8, 4) is 0 Å². The summed E-state index contributed by atoms with van der Waals surface area (Å²) in [5.41, 5.74) is 1.14. The van der Waals surface area contributed by atoms with Gasteiger partial charge in [0.05, 0.1) is 4.92 Å². The van der Waals surface area contributed by atoms with Crippen LogP contribution in [0.25, 0.3) is 0 Å². The van der Waals surface area contributed by atoms with Gasteiger partial charge in [-0.05, 0) is 34.5 Å². The zero-order chi connectivity index (χ0) is 15.2. The number of nitrogens with one attached hydrogen (secondary N) is 2. The fourth-order valence-corrected chi connectivity index (χ4v) is 2.18. The summed E-state index contributed by atoms with van der Waals surface area (Å²) in [6, 6.07) is 7.07. The summed E-state index contributed by atoms with van der Waals surface area (Å²) >= 11 is 1.50. The van der Waals surface area contributed by atoms with Gasteiger partial charge in [-0.2, -0.15) is 11.3 Å². The van der Waals surface area contributed by atoms with Crippen LogP contribution < -0.4 is 10.6 Å². The maximum absolute atomic E-state index is 11.6. The molecule has 108 valence electrons. The fourth-order valence-electron chi connectivity index (χ4n) is 1.51. The second-order valence-electron chi connectivity index (χ2n) is 4.07. The van der Waals surface area contributed by atoms with Crippen LogP contribution in [0.1, 0.15) is 5.56 Å². The third-order valence-corrected chi connectivity index (χ3v) is 3.31. The molecule has 7 nitrogen and oxygen atoms in total. The highest BCUT2D eigenvalue weighted by atomic mass is 32.1. The predicted molar refractivity (Wildman–Crippen MR) is 77.9 cm³/mol. The Morgan fingerprint density at radius 1 is 1.14 bits per heavy atom. The van der Waals surface area contributed by atoms with Crippen LogP contribution in [-0.4, -0.2) is 16.7 Å². The molecule has 0 aliphatic heterocycles.